The molecule has 0 spiro atoms. The lowest BCUT2D eigenvalue weighted by Gasteiger charge is -2.35. The van der Waals surface area contributed by atoms with Gasteiger partial charge in [-0.05, 0) is 51.9 Å². The van der Waals surface area contributed by atoms with Crippen LogP contribution in [0.1, 0.15) is 69.3 Å². The Morgan fingerprint density at radius 2 is 1.98 bits per heavy atom. The molecule has 0 unspecified atom stereocenters. The van der Waals surface area contributed by atoms with Crippen molar-refractivity contribution in [2.24, 2.45) is 5.92 Å². The third kappa shape index (κ3) is 7.41. The van der Waals surface area contributed by atoms with E-state index in [1.54, 1.807) is 6.92 Å². The molecule has 2 saturated carbocycles. The monoisotopic (exact) mass is 603 g/mol. The maximum absolute atomic E-state index is 13.4. The maximum atomic E-state index is 13.4. The smallest absolute Gasteiger partial charge is 0.387 e. The van der Waals surface area contributed by atoms with E-state index >= 15 is 0 Å². The van der Waals surface area contributed by atoms with Crippen molar-refractivity contribution in [3.05, 3.63) is 23.0 Å². The molecule has 0 radical (unpaired) electrons. The molecule has 1 amide bonds. The molecule has 222 valence electrons. The molecule has 4 rings (SSSR count). The number of nitrogens with zero attached hydrogens (tertiary/aromatic N) is 3. The molecule has 2 aromatic rings. The fourth-order valence-electron chi connectivity index (χ4n) is 5.19. The van der Waals surface area contributed by atoms with Gasteiger partial charge < -0.3 is 20.5 Å². The van der Waals surface area contributed by atoms with E-state index in [-0.39, 0.29) is 59.7 Å². The van der Waals surface area contributed by atoms with Crippen LogP contribution in [0.4, 0.5) is 14.6 Å². The first-order chi connectivity index (χ1) is 18.8. The van der Waals surface area contributed by atoms with Crippen LogP contribution >= 0.6 is 11.6 Å². The summed E-state index contributed by atoms with van der Waals surface area (Å²) in [5.41, 5.74) is -1.06. The highest BCUT2D eigenvalue weighted by Gasteiger charge is 2.37. The third-order valence-electron chi connectivity index (χ3n) is 7.57. The molecule has 14 heteroatoms. The van der Waals surface area contributed by atoms with Crippen LogP contribution in [0.25, 0.3) is 11.3 Å². The first kappa shape index (κ1) is 30.4. The Balaban J connectivity index is 1.53. The lowest BCUT2D eigenvalue weighted by atomic mass is 9.84. The Bertz CT molecular complexity index is 1330. The number of alkyl halides is 2. The zero-order valence-electron chi connectivity index (χ0n) is 22.8. The lowest BCUT2D eigenvalue weighted by Crippen LogP contribution is -2.47. The normalized spacial score (nSPS) is 22.2. The third-order valence-corrected chi connectivity index (χ3v) is 9.61. The van der Waals surface area contributed by atoms with Crippen molar-refractivity contribution in [3.63, 3.8) is 0 Å². The minimum atomic E-state index is -3.20. The standard InChI is InChI=1S/C26H36ClF2N5O5S/c1-4-34-23(18-13-30-20(12-19(18)39-25(28)29)32-15(2)11-16-5-6-16)21(27)22(33-34)24(35)31-14-26(36)9-7-17(8-10-26)40(3,37)38/h12-13,15-17,25,36H,4-11,14H2,1-3H3,(H,30,32)(H,31,35)/t15-,17?,26?/m0/s1. The molecular formula is C26H36ClF2N5O5S. The van der Waals surface area contributed by atoms with Crippen LogP contribution in [0.2, 0.25) is 5.02 Å². The number of aryl methyl sites for hydroxylation is 1. The number of pyridine rings is 1. The second-order valence-corrected chi connectivity index (χ2v) is 13.6. The van der Waals surface area contributed by atoms with Gasteiger partial charge in [0.1, 0.15) is 21.4 Å². The predicted octanol–water partition coefficient (Wildman–Crippen LogP) is 4.27. The molecule has 0 aliphatic heterocycles. The number of halogens is 3. The van der Waals surface area contributed by atoms with Gasteiger partial charge in [0.15, 0.2) is 5.69 Å². The van der Waals surface area contributed by atoms with Gasteiger partial charge in [-0.2, -0.15) is 13.9 Å². The van der Waals surface area contributed by atoms with Crippen LogP contribution < -0.4 is 15.4 Å². The number of carbonyl (C=O) groups excluding carboxylic acids is 1. The number of aliphatic hydroxyl groups is 1. The molecule has 1 atom stereocenters. The van der Waals surface area contributed by atoms with Crippen molar-refractivity contribution >= 4 is 33.2 Å². The van der Waals surface area contributed by atoms with Crippen LogP contribution in [0.15, 0.2) is 12.3 Å². The fraction of sp³-hybridized carbons (Fsp3) is 0.654. The summed E-state index contributed by atoms with van der Waals surface area (Å²) in [5.74, 6) is 0.229. The van der Waals surface area contributed by atoms with Gasteiger partial charge >= 0.3 is 6.61 Å². The second kappa shape index (κ2) is 12.2. The van der Waals surface area contributed by atoms with Crippen molar-refractivity contribution in [1.29, 1.82) is 0 Å². The number of hydrogen-bond acceptors (Lipinski definition) is 8. The Morgan fingerprint density at radius 3 is 2.55 bits per heavy atom. The summed E-state index contributed by atoms with van der Waals surface area (Å²) in [7, 11) is -3.20. The number of ether oxygens (including phenoxy) is 1. The number of rotatable bonds is 12. The predicted molar refractivity (Wildman–Crippen MR) is 148 cm³/mol. The van der Waals surface area contributed by atoms with Gasteiger partial charge in [0.25, 0.3) is 5.91 Å². The molecule has 10 nitrogen and oxygen atoms in total. The summed E-state index contributed by atoms with van der Waals surface area (Å²) >= 11 is 6.60. The Labute approximate surface area is 237 Å². The highest BCUT2D eigenvalue weighted by atomic mass is 35.5. The minimum absolute atomic E-state index is 0.0733. The molecule has 2 aliphatic rings. The van der Waals surface area contributed by atoms with E-state index in [0.717, 1.165) is 6.42 Å². The van der Waals surface area contributed by atoms with Crippen LogP contribution in [0.5, 0.6) is 5.75 Å². The number of hydrogen-bond donors (Lipinski definition) is 3. The molecule has 0 saturated heterocycles. The zero-order chi connectivity index (χ0) is 29.2. The highest BCUT2D eigenvalue weighted by Crippen LogP contribution is 2.39. The molecule has 2 fully saturated rings. The van der Waals surface area contributed by atoms with Crippen LogP contribution in [-0.2, 0) is 16.4 Å². The number of aromatic nitrogens is 3. The molecule has 2 aromatic heterocycles. The van der Waals surface area contributed by atoms with E-state index < -0.39 is 33.2 Å². The Hall–Kier alpha value is -2.51. The summed E-state index contributed by atoms with van der Waals surface area (Å²) in [6, 6.07) is 1.48. The number of anilines is 1. The first-order valence-electron chi connectivity index (χ1n) is 13.5. The largest absolute Gasteiger partial charge is 0.434 e. The molecular weight excluding hydrogens is 568 g/mol. The zero-order valence-corrected chi connectivity index (χ0v) is 24.4. The molecule has 2 aliphatic carbocycles. The lowest BCUT2D eigenvalue weighted by molar-refractivity contribution is -0.0494. The number of carbonyl (C=O) groups is 1. The van der Waals surface area contributed by atoms with Crippen LogP contribution in [-0.4, -0.2) is 70.5 Å². The summed E-state index contributed by atoms with van der Waals surface area (Å²) in [6.07, 6.45) is 6.90. The number of nitrogens with one attached hydrogen (secondary N) is 2. The van der Waals surface area contributed by atoms with E-state index in [2.05, 4.69) is 20.7 Å². The van der Waals surface area contributed by atoms with E-state index in [0.29, 0.717) is 24.6 Å². The molecule has 2 heterocycles. The van der Waals surface area contributed by atoms with Crippen molar-refractivity contribution < 1.29 is 31.8 Å². The summed E-state index contributed by atoms with van der Waals surface area (Å²) in [5, 5.41) is 20.5. The first-order valence-corrected chi connectivity index (χ1v) is 15.8. The van der Waals surface area contributed by atoms with Gasteiger partial charge in [0, 0.05) is 37.7 Å². The van der Waals surface area contributed by atoms with Crippen molar-refractivity contribution in [2.75, 3.05) is 18.1 Å². The SMILES string of the molecule is CCn1nc(C(=O)NCC2(O)CCC(S(C)(=O)=O)CC2)c(Cl)c1-c1cnc(N[C@@H](C)CC2CC2)cc1OC(F)F. The number of amides is 1. The van der Waals surface area contributed by atoms with Gasteiger partial charge in [0.05, 0.1) is 27.1 Å². The van der Waals surface area contributed by atoms with Gasteiger partial charge in [-0.15, -0.1) is 0 Å². The maximum Gasteiger partial charge on any atom is 0.387 e. The van der Waals surface area contributed by atoms with E-state index in [1.807, 2.05) is 6.92 Å². The summed E-state index contributed by atoms with van der Waals surface area (Å²) < 4.78 is 56.6. The van der Waals surface area contributed by atoms with Gasteiger partial charge in [-0.25, -0.2) is 13.4 Å². The average Bonchev–Trinajstić information content (AvgIpc) is 3.62. The Morgan fingerprint density at radius 1 is 1.30 bits per heavy atom. The molecule has 40 heavy (non-hydrogen) atoms. The molecule has 3 N–H and O–H groups in total. The summed E-state index contributed by atoms with van der Waals surface area (Å²) in [6.45, 7) is 0.812. The van der Waals surface area contributed by atoms with E-state index in [1.165, 1.54) is 36.0 Å². The fourth-order valence-corrected chi connectivity index (χ4v) is 6.60. The van der Waals surface area contributed by atoms with E-state index in [4.69, 9.17) is 16.3 Å². The molecule has 0 aromatic carbocycles. The van der Waals surface area contributed by atoms with Gasteiger partial charge in [-0.3, -0.25) is 9.48 Å². The number of sulfone groups is 1. The van der Waals surface area contributed by atoms with Crippen LogP contribution in [0.3, 0.4) is 0 Å². The Kier molecular flexibility index (Phi) is 9.25. The van der Waals surface area contributed by atoms with Gasteiger partial charge in [0.2, 0.25) is 0 Å². The van der Waals surface area contributed by atoms with E-state index in [9.17, 15) is 27.1 Å². The van der Waals surface area contributed by atoms with Crippen molar-refractivity contribution in [1.82, 2.24) is 20.1 Å². The highest BCUT2D eigenvalue weighted by molar-refractivity contribution is 7.91. The van der Waals surface area contributed by atoms with Crippen LogP contribution in [0, 0.1) is 5.92 Å². The van der Waals surface area contributed by atoms with Crippen molar-refractivity contribution in [3.8, 4) is 17.0 Å². The topological polar surface area (TPSA) is 135 Å². The molecule has 0 bridgehead atoms. The quantitative estimate of drug-likeness (QED) is 0.327. The average molecular weight is 604 g/mol. The summed E-state index contributed by atoms with van der Waals surface area (Å²) in [4.78, 5) is 17.4. The van der Waals surface area contributed by atoms with Crippen molar-refractivity contribution in [2.45, 2.75) is 88.8 Å². The minimum Gasteiger partial charge on any atom is -0.434 e. The van der Waals surface area contributed by atoms with Gasteiger partial charge in [-0.1, -0.05) is 24.4 Å². The second-order valence-electron chi connectivity index (χ2n) is 10.9.